The Hall–Kier alpha value is -1.10. The number of amides is 1. The van der Waals surface area contributed by atoms with Gasteiger partial charge in [-0.1, -0.05) is 58.3 Å². The van der Waals surface area contributed by atoms with Gasteiger partial charge in [-0.2, -0.15) is 0 Å². The third-order valence-electron chi connectivity index (χ3n) is 3.39. The van der Waals surface area contributed by atoms with Gasteiger partial charge in [-0.3, -0.25) is 9.59 Å². The lowest BCUT2D eigenvalue weighted by atomic mass is 9.89. The quantitative estimate of drug-likeness (QED) is 0.473. The minimum Gasteiger partial charge on any atom is -0.480 e. The van der Waals surface area contributed by atoms with Crippen LogP contribution in [0.5, 0.6) is 0 Å². The number of carboxylic acid groups (broad SMARTS) is 1. The normalized spacial score (nSPS) is 14.0. The summed E-state index contributed by atoms with van der Waals surface area (Å²) >= 11 is 0. The Balaban J connectivity index is 3.77. The number of carbonyl (C=O) groups is 2. The Bertz CT molecular complexity index is 282. The molecule has 0 aliphatic carbocycles. The van der Waals surface area contributed by atoms with E-state index in [1.165, 1.54) is 32.1 Å². The Kier molecular flexibility index (Phi) is 9.21. The molecule has 19 heavy (non-hydrogen) atoms. The van der Waals surface area contributed by atoms with Gasteiger partial charge >= 0.3 is 5.97 Å². The molecule has 0 aromatic heterocycles. The van der Waals surface area contributed by atoms with Crippen molar-refractivity contribution in [2.45, 2.75) is 76.7 Å². The first-order valence-corrected chi connectivity index (χ1v) is 7.23. The van der Waals surface area contributed by atoms with E-state index < -0.39 is 17.4 Å². The topological polar surface area (TPSA) is 106 Å². The average Bonchev–Trinajstić information content (AvgIpc) is 2.31. The molecule has 0 radical (unpaired) electrons. The summed E-state index contributed by atoms with van der Waals surface area (Å²) in [7, 11) is 0. The first kappa shape index (κ1) is 17.9. The highest BCUT2D eigenvalue weighted by Crippen LogP contribution is 2.18. The molecule has 0 heterocycles. The van der Waals surface area contributed by atoms with Crippen molar-refractivity contribution >= 4 is 11.9 Å². The molecule has 0 aromatic carbocycles. The van der Waals surface area contributed by atoms with E-state index in [2.05, 4.69) is 6.92 Å². The molecule has 0 aliphatic heterocycles. The Labute approximate surface area is 115 Å². The number of carboxylic acids is 1. The van der Waals surface area contributed by atoms with E-state index in [9.17, 15) is 9.59 Å². The molecular weight excluding hydrogens is 244 g/mol. The highest BCUT2D eigenvalue weighted by atomic mass is 16.4. The maximum atomic E-state index is 11.1. The molecule has 112 valence electrons. The van der Waals surface area contributed by atoms with Gasteiger partial charge < -0.3 is 16.6 Å². The van der Waals surface area contributed by atoms with Gasteiger partial charge in [0, 0.05) is 0 Å². The molecule has 0 aromatic rings. The zero-order chi connectivity index (χ0) is 14.7. The molecule has 1 unspecified atom stereocenters. The third-order valence-corrected chi connectivity index (χ3v) is 3.39. The number of carbonyl (C=O) groups excluding carboxylic acids is 1. The number of hydrogen-bond donors (Lipinski definition) is 3. The zero-order valence-corrected chi connectivity index (χ0v) is 12.0. The number of nitrogens with two attached hydrogens (primary N) is 2. The zero-order valence-electron chi connectivity index (χ0n) is 12.0. The van der Waals surface area contributed by atoms with Crippen molar-refractivity contribution in [2.24, 2.45) is 11.5 Å². The van der Waals surface area contributed by atoms with Crippen LogP contribution in [0.4, 0.5) is 0 Å². The molecule has 0 aliphatic rings. The summed E-state index contributed by atoms with van der Waals surface area (Å²) in [6.45, 7) is 2.19. The van der Waals surface area contributed by atoms with E-state index in [4.69, 9.17) is 16.6 Å². The van der Waals surface area contributed by atoms with Gasteiger partial charge in [0.1, 0.15) is 5.54 Å². The third kappa shape index (κ3) is 8.59. The summed E-state index contributed by atoms with van der Waals surface area (Å²) in [5, 5.41) is 9.05. The molecule has 5 nitrogen and oxygen atoms in total. The Morgan fingerprint density at radius 3 is 1.89 bits per heavy atom. The molecule has 5 N–H and O–H groups in total. The van der Waals surface area contributed by atoms with Crippen molar-refractivity contribution in [3.05, 3.63) is 0 Å². The highest BCUT2D eigenvalue weighted by Gasteiger charge is 2.34. The van der Waals surface area contributed by atoms with Gasteiger partial charge in [-0.15, -0.1) is 0 Å². The van der Waals surface area contributed by atoms with Crippen LogP contribution in [0.15, 0.2) is 0 Å². The molecule has 0 spiro atoms. The maximum absolute atomic E-state index is 11.1. The minimum atomic E-state index is -1.49. The van der Waals surface area contributed by atoms with Crippen molar-refractivity contribution in [1.82, 2.24) is 0 Å². The summed E-state index contributed by atoms with van der Waals surface area (Å²) in [6.07, 6.45) is 9.00. The van der Waals surface area contributed by atoms with Gasteiger partial charge in [0.05, 0.1) is 6.42 Å². The molecular formula is C14H28N2O3. The summed E-state index contributed by atoms with van der Waals surface area (Å²) in [5.41, 5.74) is 9.26. The predicted octanol–water partition coefficient (Wildman–Crippen LogP) is 2.17. The largest absolute Gasteiger partial charge is 0.480 e. The van der Waals surface area contributed by atoms with Gasteiger partial charge in [-0.05, 0) is 6.42 Å². The minimum absolute atomic E-state index is 0.293. The first-order valence-electron chi connectivity index (χ1n) is 7.23. The summed E-state index contributed by atoms with van der Waals surface area (Å²) in [6, 6.07) is 0. The van der Waals surface area contributed by atoms with E-state index in [1.807, 2.05) is 0 Å². The lowest BCUT2D eigenvalue weighted by molar-refractivity contribution is -0.145. The van der Waals surface area contributed by atoms with E-state index >= 15 is 0 Å². The van der Waals surface area contributed by atoms with Crippen LogP contribution in [0.1, 0.15) is 71.1 Å². The SMILES string of the molecule is CCCCCCCCCCC(N)(CC(N)=O)C(=O)O. The molecule has 0 bridgehead atoms. The standard InChI is InChI=1S/C14H28N2O3/c1-2-3-4-5-6-7-8-9-10-14(16,13(18)19)11-12(15)17/h2-11,16H2,1H3,(H2,15,17)(H,18,19). The van der Waals surface area contributed by atoms with E-state index in [0.29, 0.717) is 6.42 Å². The number of hydrogen-bond acceptors (Lipinski definition) is 3. The van der Waals surface area contributed by atoms with Crippen molar-refractivity contribution in [2.75, 3.05) is 0 Å². The van der Waals surface area contributed by atoms with E-state index in [0.717, 1.165) is 19.3 Å². The first-order chi connectivity index (χ1) is 8.92. The fourth-order valence-corrected chi connectivity index (χ4v) is 2.16. The van der Waals surface area contributed by atoms with E-state index in [1.54, 1.807) is 0 Å². The lowest BCUT2D eigenvalue weighted by Crippen LogP contribution is -2.50. The van der Waals surface area contributed by atoms with E-state index in [-0.39, 0.29) is 6.42 Å². The van der Waals surface area contributed by atoms with Gasteiger partial charge in [0.25, 0.3) is 0 Å². The molecule has 5 heteroatoms. The second-order valence-corrected chi connectivity index (χ2v) is 5.33. The molecule has 0 saturated heterocycles. The van der Waals surface area contributed by atoms with Crippen molar-refractivity contribution in [3.8, 4) is 0 Å². The summed E-state index contributed by atoms with van der Waals surface area (Å²) in [4.78, 5) is 21.9. The van der Waals surface area contributed by atoms with Gasteiger partial charge in [-0.25, -0.2) is 0 Å². The Morgan fingerprint density at radius 2 is 1.47 bits per heavy atom. The van der Waals surface area contributed by atoms with Crippen molar-refractivity contribution < 1.29 is 14.7 Å². The predicted molar refractivity (Wildman–Crippen MR) is 75.6 cm³/mol. The van der Waals surface area contributed by atoms with Crippen molar-refractivity contribution in [3.63, 3.8) is 0 Å². The van der Waals surface area contributed by atoms with Gasteiger partial charge in [0.2, 0.25) is 5.91 Å². The molecule has 0 rings (SSSR count). The summed E-state index contributed by atoms with van der Waals surface area (Å²) in [5.74, 6) is -1.81. The van der Waals surface area contributed by atoms with Crippen LogP contribution in [-0.2, 0) is 9.59 Å². The fourth-order valence-electron chi connectivity index (χ4n) is 2.16. The molecule has 1 atom stereocenters. The number of aliphatic carboxylic acids is 1. The second kappa shape index (κ2) is 9.78. The average molecular weight is 272 g/mol. The van der Waals surface area contributed by atoms with Crippen LogP contribution >= 0.6 is 0 Å². The van der Waals surface area contributed by atoms with Crippen LogP contribution in [0, 0.1) is 0 Å². The Morgan fingerprint density at radius 1 is 1.00 bits per heavy atom. The van der Waals surface area contributed by atoms with Crippen LogP contribution in [0.2, 0.25) is 0 Å². The monoisotopic (exact) mass is 272 g/mol. The lowest BCUT2D eigenvalue weighted by Gasteiger charge is -2.22. The van der Waals surface area contributed by atoms with Crippen LogP contribution < -0.4 is 11.5 Å². The fraction of sp³-hybridized carbons (Fsp3) is 0.857. The van der Waals surface area contributed by atoms with Crippen LogP contribution in [-0.4, -0.2) is 22.5 Å². The summed E-state index contributed by atoms with van der Waals surface area (Å²) < 4.78 is 0. The smallest absolute Gasteiger partial charge is 0.324 e. The molecule has 1 amide bonds. The maximum Gasteiger partial charge on any atom is 0.324 e. The number of primary amides is 1. The van der Waals surface area contributed by atoms with Crippen LogP contribution in [0.3, 0.4) is 0 Å². The number of rotatable bonds is 12. The highest BCUT2D eigenvalue weighted by molar-refractivity contribution is 5.86. The van der Waals surface area contributed by atoms with Crippen LogP contribution in [0.25, 0.3) is 0 Å². The number of unbranched alkanes of at least 4 members (excludes halogenated alkanes) is 7. The molecule has 0 fully saturated rings. The van der Waals surface area contributed by atoms with Crippen molar-refractivity contribution in [1.29, 1.82) is 0 Å². The molecule has 0 saturated carbocycles. The second-order valence-electron chi connectivity index (χ2n) is 5.33. The van der Waals surface area contributed by atoms with Gasteiger partial charge in [0.15, 0.2) is 0 Å².